The van der Waals surface area contributed by atoms with Crippen LogP contribution in [-0.4, -0.2) is 34.5 Å². The molecule has 0 spiro atoms. The number of hydrogen-bond donors (Lipinski definition) is 1. The monoisotopic (exact) mass is 398 g/mol. The van der Waals surface area contributed by atoms with E-state index in [4.69, 9.17) is 4.42 Å². The molecule has 6 nitrogen and oxygen atoms in total. The van der Waals surface area contributed by atoms with E-state index in [-0.39, 0.29) is 16.4 Å². The predicted octanol–water partition coefficient (Wildman–Crippen LogP) is 3.12. The molecule has 3 aromatic rings. The Morgan fingerprint density at radius 3 is 2.32 bits per heavy atom. The summed E-state index contributed by atoms with van der Waals surface area (Å²) in [4.78, 5) is 14.7. The van der Waals surface area contributed by atoms with Gasteiger partial charge in [-0.05, 0) is 30.3 Å². The molecule has 0 bridgehead atoms. The van der Waals surface area contributed by atoms with Gasteiger partial charge in [0.05, 0.1) is 16.9 Å². The minimum atomic E-state index is -3.56. The Balaban J connectivity index is 1.61. The molecule has 1 aromatic heterocycles. The van der Waals surface area contributed by atoms with Gasteiger partial charge in [0.1, 0.15) is 0 Å². The van der Waals surface area contributed by atoms with E-state index in [0.717, 1.165) is 5.69 Å². The summed E-state index contributed by atoms with van der Waals surface area (Å²) in [6.07, 6.45) is 1.33. The van der Waals surface area contributed by atoms with Crippen LogP contribution in [0, 0.1) is 0 Å². The normalized spacial score (nSPS) is 11.2. The number of likely N-dealkylation sites (N-methyl/N-ethyl adjacent to an activating group) is 1. The first-order valence-corrected chi connectivity index (χ1v) is 10.5. The molecule has 3 rings (SSSR count). The smallest absolute Gasteiger partial charge is 0.287 e. The average Bonchev–Trinajstić information content (AvgIpc) is 3.16. The maximum Gasteiger partial charge on any atom is 0.287 e. The molecule has 0 aliphatic rings. The highest BCUT2D eigenvalue weighted by molar-refractivity contribution is 7.90. The number of para-hydroxylation sites is 1. The fourth-order valence-electron chi connectivity index (χ4n) is 2.79. The molecule has 7 heteroatoms. The van der Waals surface area contributed by atoms with Crippen molar-refractivity contribution in [2.45, 2.75) is 10.6 Å². The summed E-state index contributed by atoms with van der Waals surface area (Å²) in [5.74, 6) is -0.688. The van der Waals surface area contributed by atoms with E-state index in [1.54, 1.807) is 18.2 Å². The van der Waals surface area contributed by atoms with Crippen LogP contribution in [0.5, 0.6) is 0 Å². The highest BCUT2D eigenvalue weighted by Crippen LogP contribution is 2.20. The van der Waals surface area contributed by atoms with Crippen molar-refractivity contribution in [3.05, 3.63) is 84.3 Å². The van der Waals surface area contributed by atoms with E-state index in [9.17, 15) is 13.2 Å². The van der Waals surface area contributed by atoms with E-state index < -0.39 is 15.7 Å². The molecule has 0 saturated carbocycles. The number of carbonyl (C=O) groups excluding carboxylic acids is 1. The molecule has 0 saturated heterocycles. The molecule has 0 aliphatic carbocycles. The number of hydrogen-bond acceptors (Lipinski definition) is 5. The van der Waals surface area contributed by atoms with Gasteiger partial charge >= 0.3 is 0 Å². The Kier molecular flexibility index (Phi) is 6.16. The average molecular weight is 398 g/mol. The molecular formula is C21H22N2O4S. The number of sulfone groups is 1. The Hall–Kier alpha value is -3.06. The summed E-state index contributed by atoms with van der Waals surface area (Å²) in [7, 11) is -1.62. The molecule has 2 aromatic carbocycles. The Morgan fingerprint density at radius 1 is 1.00 bits per heavy atom. The molecule has 146 valence electrons. The number of nitrogens with one attached hydrogen (secondary N) is 1. The third-order valence-electron chi connectivity index (χ3n) is 4.33. The number of anilines is 1. The standard InChI is InChI=1S/C21H22N2O4S/c1-23(18-8-4-2-5-9-18)14-13-22-21(24)20-17(12-15-27-20)16-28(25,26)19-10-6-3-7-11-19/h2-12,15H,13-14,16H2,1H3,(H,22,24). The zero-order valence-corrected chi connectivity index (χ0v) is 16.4. The molecule has 0 unspecified atom stereocenters. The third-order valence-corrected chi connectivity index (χ3v) is 6.01. The quantitative estimate of drug-likeness (QED) is 0.631. The van der Waals surface area contributed by atoms with Crippen molar-refractivity contribution in [2.24, 2.45) is 0 Å². The molecular weight excluding hydrogens is 376 g/mol. The first kappa shape index (κ1) is 19.7. The maximum atomic E-state index is 12.6. The lowest BCUT2D eigenvalue weighted by molar-refractivity contribution is 0.0926. The van der Waals surface area contributed by atoms with Gasteiger partial charge in [-0.15, -0.1) is 0 Å². The summed E-state index contributed by atoms with van der Waals surface area (Å²) < 4.78 is 30.4. The Bertz CT molecular complexity index is 1010. The lowest BCUT2D eigenvalue weighted by atomic mass is 10.2. The van der Waals surface area contributed by atoms with Crippen LogP contribution in [0.25, 0.3) is 0 Å². The number of rotatable bonds is 8. The zero-order chi connectivity index (χ0) is 20.0. The molecule has 0 aliphatic heterocycles. The van der Waals surface area contributed by atoms with Crippen LogP contribution >= 0.6 is 0 Å². The third kappa shape index (κ3) is 4.80. The number of nitrogens with zero attached hydrogens (tertiary/aromatic N) is 1. The van der Waals surface area contributed by atoms with Gasteiger partial charge in [0.2, 0.25) is 0 Å². The second kappa shape index (κ2) is 8.75. The summed E-state index contributed by atoms with van der Waals surface area (Å²) in [5, 5.41) is 2.78. The van der Waals surface area contributed by atoms with E-state index in [0.29, 0.717) is 18.7 Å². The summed E-state index contributed by atoms with van der Waals surface area (Å²) in [5.41, 5.74) is 1.39. The minimum Gasteiger partial charge on any atom is -0.459 e. The van der Waals surface area contributed by atoms with Crippen LogP contribution in [0.1, 0.15) is 16.1 Å². The van der Waals surface area contributed by atoms with Crippen molar-refractivity contribution in [3.8, 4) is 0 Å². The van der Waals surface area contributed by atoms with Gasteiger partial charge in [0.15, 0.2) is 15.6 Å². The van der Waals surface area contributed by atoms with Crippen molar-refractivity contribution >= 4 is 21.4 Å². The van der Waals surface area contributed by atoms with Gasteiger partial charge in [-0.1, -0.05) is 36.4 Å². The van der Waals surface area contributed by atoms with Crippen LogP contribution < -0.4 is 10.2 Å². The maximum absolute atomic E-state index is 12.6. The molecule has 1 amide bonds. The van der Waals surface area contributed by atoms with Gasteiger partial charge in [0.25, 0.3) is 5.91 Å². The fourth-order valence-corrected chi connectivity index (χ4v) is 4.17. The highest BCUT2D eigenvalue weighted by atomic mass is 32.2. The van der Waals surface area contributed by atoms with Gasteiger partial charge in [-0.2, -0.15) is 0 Å². The Labute approximate surface area is 164 Å². The van der Waals surface area contributed by atoms with Crippen molar-refractivity contribution in [1.29, 1.82) is 0 Å². The predicted molar refractivity (Wildman–Crippen MR) is 108 cm³/mol. The zero-order valence-electron chi connectivity index (χ0n) is 15.5. The second-order valence-electron chi connectivity index (χ2n) is 6.36. The van der Waals surface area contributed by atoms with Crippen LogP contribution in [0.15, 0.2) is 82.3 Å². The SMILES string of the molecule is CN(CCNC(=O)c1occc1CS(=O)(=O)c1ccccc1)c1ccccc1. The van der Waals surface area contributed by atoms with Crippen molar-refractivity contribution in [1.82, 2.24) is 5.32 Å². The van der Waals surface area contributed by atoms with Gasteiger partial charge in [-0.25, -0.2) is 8.42 Å². The van der Waals surface area contributed by atoms with Crippen molar-refractivity contribution < 1.29 is 17.6 Å². The minimum absolute atomic E-state index is 0.0295. The summed E-state index contributed by atoms with van der Waals surface area (Å²) >= 11 is 0. The van der Waals surface area contributed by atoms with E-state index >= 15 is 0 Å². The van der Waals surface area contributed by atoms with Crippen molar-refractivity contribution in [3.63, 3.8) is 0 Å². The second-order valence-corrected chi connectivity index (χ2v) is 8.35. The molecule has 1 heterocycles. The number of carbonyl (C=O) groups is 1. The van der Waals surface area contributed by atoms with Crippen LogP contribution in [0.4, 0.5) is 5.69 Å². The molecule has 0 fully saturated rings. The summed E-state index contributed by atoms with van der Waals surface area (Å²) in [6, 6.07) is 19.5. The Morgan fingerprint density at radius 2 is 1.64 bits per heavy atom. The molecule has 0 atom stereocenters. The molecule has 28 heavy (non-hydrogen) atoms. The van der Waals surface area contributed by atoms with Crippen LogP contribution in [0.2, 0.25) is 0 Å². The van der Waals surface area contributed by atoms with E-state index in [2.05, 4.69) is 5.32 Å². The number of amides is 1. The first-order valence-electron chi connectivity index (χ1n) is 8.86. The lowest BCUT2D eigenvalue weighted by Crippen LogP contribution is -2.33. The molecule has 1 N–H and O–H groups in total. The van der Waals surface area contributed by atoms with E-state index in [1.807, 2.05) is 42.3 Å². The fraction of sp³-hybridized carbons (Fsp3) is 0.190. The van der Waals surface area contributed by atoms with Crippen LogP contribution in [-0.2, 0) is 15.6 Å². The molecule has 0 radical (unpaired) electrons. The highest BCUT2D eigenvalue weighted by Gasteiger charge is 2.22. The van der Waals surface area contributed by atoms with Gasteiger partial charge in [-0.3, -0.25) is 4.79 Å². The number of benzene rings is 2. The van der Waals surface area contributed by atoms with Crippen LogP contribution in [0.3, 0.4) is 0 Å². The lowest BCUT2D eigenvalue weighted by Gasteiger charge is -2.19. The largest absolute Gasteiger partial charge is 0.459 e. The van der Waals surface area contributed by atoms with Crippen molar-refractivity contribution in [2.75, 3.05) is 25.0 Å². The topological polar surface area (TPSA) is 79.6 Å². The van der Waals surface area contributed by atoms with Gasteiger partial charge in [0, 0.05) is 31.4 Å². The van der Waals surface area contributed by atoms with Gasteiger partial charge < -0.3 is 14.6 Å². The summed E-state index contributed by atoms with van der Waals surface area (Å²) in [6.45, 7) is 1.00. The first-order chi connectivity index (χ1) is 13.5. The number of furan rings is 1. The van der Waals surface area contributed by atoms with E-state index in [1.165, 1.54) is 24.5 Å².